The van der Waals surface area contributed by atoms with Gasteiger partial charge in [-0.2, -0.15) is 0 Å². The number of carbonyl (C=O) groups is 2. The lowest BCUT2D eigenvalue weighted by Gasteiger charge is -2.24. The molecular formula is C40H75NO8P+. The minimum absolute atomic E-state index is 0.0173. The van der Waals surface area contributed by atoms with E-state index in [2.05, 4.69) is 26.0 Å². The first kappa shape index (κ1) is 48.2. The maximum Gasteiger partial charge on any atom is 0.472 e. The predicted molar refractivity (Wildman–Crippen MR) is 206 cm³/mol. The van der Waals surface area contributed by atoms with Gasteiger partial charge in [0, 0.05) is 12.5 Å². The molecule has 0 fully saturated rings. The summed E-state index contributed by atoms with van der Waals surface area (Å²) in [6.07, 6.45) is 35.4. The molecule has 0 amide bonds. The van der Waals surface area contributed by atoms with Crippen LogP contribution in [0.25, 0.3) is 0 Å². The van der Waals surface area contributed by atoms with Crippen LogP contribution in [-0.2, 0) is 32.7 Å². The Kier molecular flexibility index (Phi) is 31.9. The summed E-state index contributed by atoms with van der Waals surface area (Å²) >= 11 is 0. The van der Waals surface area contributed by atoms with E-state index in [1.807, 2.05) is 33.3 Å². The summed E-state index contributed by atoms with van der Waals surface area (Å²) in [5.74, 6) is -1.06. The van der Waals surface area contributed by atoms with Gasteiger partial charge in [0.1, 0.15) is 19.8 Å². The van der Waals surface area contributed by atoms with E-state index in [1.54, 1.807) is 6.08 Å². The predicted octanol–water partition coefficient (Wildman–Crippen LogP) is 10.6. The number of likely N-dealkylation sites (N-methyl/N-ethyl adjacent to an activating group) is 1. The van der Waals surface area contributed by atoms with Gasteiger partial charge in [-0.3, -0.25) is 13.8 Å². The highest BCUT2D eigenvalue weighted by Crippen LogP contribution is 2.43. The molecule has 0 saturated heterocycles. The van der Waals surface area contributed by atoms with E-state index in [0.29, 0.717) is 17.4 Å². The van der Waals surface area contributed by atoms with Crippen molar-refractivity contribution in [1.29, 1.82) is 0 Å². The fourth-order valence-electron chi connectivity index (χ4n) is 5.08. The van der Waals surface area contributed by atoms with E-state index in [-0.39, 0.29) is 19.6 Å². The molecule has 0 aromatic carbocycles. The minimum Gasteiger partial charge on any atom is -0.458 e. The second-order valence-electron chi connectivity index (χ2n) is 14.4. The monoisotopic (exact) mass is 729 g/mol. The van der Waals surface area contributed by atoms with Crippen molar-refractivity contribution >= 4 is 19.8 Å². The van der Waals surface area contributed by atoms with Crippen LogP contribution in [0.15, 0.2) is 36.5 Å². The van der Waals surface area contributed by atoms with Crippen molar-refractivity contribution in [3.8, 4) is 0 Å². The van der Waals surface area contributed by atoms with E-state index in [4.69, 9.17) is 18.5 Å². The molecular weight excluding hydrogens is 653 g/mol. The number of ether oxygens (including phenoxy) is 2. The third-order valence-corrected chi connectivity index (χ3v) is 9.23. The molecule has 0 heterocycles. The molecule has 0 saturated carbocycles. The van der Waals surface area contributed by atoms with Crippen molar-refractivity contribution in [2.45, 2.75) is 161 Å². The molecule has 292 valence electrons. The van der Waals surface area contributed by atoms with Crippen LogP contribution in [-0.4, -0.2) is 74.9 Å². The number of nitrogens with zero attached hydrogens (tertiary/aromatic N) is 1. The number of allylic oxidation sites excluding steroid dienone is 5. The molecule has 0 radical (unpaired) electrons. The molecule has 0 spiro atoms. The largest absolute Gasteiger partial charge is 0.472 e. The lowest BCUT2D eigenvalue weighted by atomic mass is 10.1. The maximum absolute atomic E-state index is 12.6. The molecule has 0 rings (SSSR count). The molecule has 0 aliphatic heterocycles. The fraction of sp³-hybridized carbons (Fsp3) is 0.800. The number of rotatable bonds is 35. The number of carbonyl (C=O) groups excluding carboxylic acids is 2. The molecule has 0 aliphatic rings. The van der Waals surface area contributed by atoms with E-state index < -0.39 is 32.5 Å². The second kappa shape index (κ2) is 33.1. The topological polar surface area (TPSA) is 108 Å². The van der Waals surface area contributed by atoms with Crippen molar-refractivity contribution in [2.24, 2.45) is 0 Å². The summed E-state index contributed by atoms with van der Waals surface area (Å²) < 4.78 is 33.9. The first-order chi connectivity index (χ1) is 24.0. The highest BCUT2D eigenvalue weighted by Gasteiger charge is 2.26. The highest BCUT2D eigenvalue weighted by atomic mass is 31.2. The summed E-state index contributed by atoms with van der Waals surface area (Å²) in [4.78, 5) is 35.0. The van der Waals surface area contributed by atoms with Gasteiger partial charge in [-0.05, 0) is 38.5 Å². The number of phosphoric acid groups is 1. The van der Waals surface area contributed by atoms with Crippen LogP contribution in [0.1, 0.15) is 155 Å². The zero-order chi connectivity index (χ0) is 37.2. The molecule has 0 aromatic rings. The fourth-order valence-corrected chi connectivity index (χ4v) is 5.83. The average molecular weight is 729 g/mol. The highest BCUT2D eigenvalue weighted by molar-refractivity contribution is 7.47. The Hall–Kier alpha value is -1.77. The lowest BCUT2D eigenvalue weighted by molar-refractivity contribution is -0.870. The van der Waals surface area contributed by atoms with Crippen LogP contribution in [0.5, 0.6) is 0 Å². The van der Waals surface area contributed by atoms with E-state index in [9.17, 15) is 19.0 Å². The van der Waals surface area contributed by atoms with E-state index in [0.717, 1.165) is 51.4 Å². The third kappa shape index (κ3) is 36.0. The third-order valence-electron chi connectivity index (χ3n) is 8.25. The van der Waals surface area contributed by atoms with Gasteiger partial charge in [-0.15, -0.1) is 0 Å². The Morgan fingerprint density at radius 2 is 1.18 bits per heavy atom. The molecule has 2 atom stereocenters. The number of unbranched alkanes of at least 4 members (excludes halogenated alkanes) is 18. The number of phosphoric ester groups is 1. The normalized spacial score (nSPS) is 14.1. The van der Waals surface area contributed by atoms with Crippen molar-refractivity contribution < 1.29 is 42.1 Å². The second-order valence-corrected chi connectivity index (χ2v) is 15.8. The van der Waals surface area contributed by atoms with Crippen molar-refractivity contribution in [2.75, 3.05) is 47.5 Å². The number of esters is 2. The number of hydrogen-bond donors (Lipinski definition) is 1. The summed E-state index contributed by atoms with van der Waals surface area (Å²) in [6, 6.07) is 0. The first-order valence-corrected chi connectivity index (χ1v) is 21.3. The van der Waals surface area contributed by atoms with Crippen LogP contribution in [0.4, 0.5) is 0 Å². The van der Waals surface area contributed by atoms with Crippen LogP contribution < -0.4 is 0 Å². The van der Waals surface area contributed by atoms with Gasteiger partial charge in [0.05, 0.1) is 27.7 Å². The smallest absolute Gasteiger partial charge is 0.458 e. The van der Waals surface area contributed by atoms with Crippen molar-refractivity contribution in [1.82, 2.24) is 0 Å². The summed E-state index contributed by atoms with van der Waals surface area (Å²) in [5, 5.41) is 0. The standard InChI is InChI=1S/C40H74NO8P/c1-6-8-10-12-14-16-18-19-20-21-23-24-26-28-30-32-39(42)46-36-38(37-48-50(44,45)47-35-34-41(3,4)5)49-40(43)33-31-29-27-25-22-17-15-13-11-9-7-2/h13,15,26,28,30,32,38H,6-12,14,16-25,27,29,31,33-37H2,1-5H3/p+1/b15-13+,28-26+,32-30+/t38-/m1/s1. The Labute approximate surface area is 306 Å². The zero-order valence-electron chi connectivity index (χ0n) is 32.6. The summed E-state index contributed by atoms with van der Waals surface area (Å²) in [6.45, 7) is 4.22. The summed E-state index contributed by atoms with van der Waals surface area (Å²) in [5.41, 5.74) is 0. The van der Waals surface area contributed by atoms with Crippen molar-refractivity contribution in [3.63, 3.8) is 0 Å². The van der Waals surface area contributed by atoms with Crippen LogP contribution in [0.2, 0.25) is 0 Å². The van der Waals surface area contributed by atoms with Gasteiger partial charge in [0.2, 0.25) is 0 Å². The van der Waals surface area contributed by atoms with Gasteiger partial charge in [0.25, 0.3) is 0 Å². The molecule has 9 nitrogen and oxygen atoms in total. The van der Waals surface area contributed by atoms with Crippen LogP contribution in [0, 0.1) is 0 Å². The average Bonchev–Trinajstić information content (AvgIpc) is 3.06. The van der Waals surface area contributed by atoms with Gasteiger partial charge >= 0.3 is 19.8 Å². The molecule has 0 bridgehead atoms. The van der Waals surface area contributed by atoms with E-state index in [1.165, 1.54) is 83.1 Å². The van der Waals surface area contributed by atoms with Gasteiger partial charge in [-0.25, -0.2) is 9.36 Å². The molecule has 0 aromatic heterocycles. The Morgan fingerprint density at radius 1 is 0.660 bits per heavy atom. The SMILES string of the molecule is CCCC/C=C/CCCCCCCC(=O)O[C@H](COC(=O)/C=C/C=C/CCCCCCCCCCCCC)COP(=O)(O)OCC[N+](C)(C)C. The van der Waals surface area contributed by atoms with Crippen LogP contribution >= 0.6 is 7.82 Å². The molecule has 0 aliphatic carbocycles. The lowest BCUT2D eigenvalue weighted by Crippen LogP contribution is -2.37. The number of hydrogen-bond acceptors (Lipinski definition) is 7. The van der Waals surface area contributed by atoms with Gasteiger partial charge in [0.15, 0.2) is 6.10 Å². The quantitative estimate of drug-likeness (QED) is 0.0131. The molecule has 1 N–H and O–H groups in total. The number of quaternary nitrogens is 1. The van der Waals surface area contributed by atoms with Crippen molar-refractivity contribution in [3.05, 3.63) is 36.5 Å². The van der Waals surface area contributed by atoms with E-state index >= 15 is 0 Å². The Bertz CT molecular complexity index is 959. The molecule has 10 heteroatoms. The molecule has 1 unspecified atom stereocenters. The van der Waals surface area contributed by atoms with Crippen LogP contribution in [0.3, 0.4) is 0 Å². The first-order valence-electron chi connectivity index (χ1n) is 19.8. The Morgan fingerprint density at radius 3 is 1.76 bits per heavy atom. The minimum atomic E-state index is -4.39. The zero-order valence-corrected chi connectivity index (χ0v) is 33.5. The van der Waals surface area contributed by atoms with Gasteiger partial charge in [-0.1, -0.05) is 141 Å². The maximum atomic E-state index is 12.6. The Balaban J connectivity index is 4.53. The van der Waals surface area contributed by atoms with Gasteiger partial charge < -0.3 is 18.9 Å². The molecule has 50 heavy (non-hydrogen) atoms. The summed E-state index contributed by atoms with van der Waals surface area (Å²) in [7, 11) is 1.42.